The second-order valence-corrected chi connectivity index (χ2v) is 6.79. The van der Waals surface area contributed by atoms with Crippen LogP contribution in [0.2, 0.25) is 5.02 Å². The number of rotatable bonds is 3. The molecule has 0 aromatic carbocycles. The van der Waals surface area contributed by atoms with E-state index >= 15 is 0 Å². The van der Waals surface area contributed by atoms with Gasteiger partial charge in [-0.25, -0.2) is 9.98 Å². The molecule has 0 spiro atoms. The summed E-state index contributed by atoms with van der Waals surface area (Å²) < 4.78 is 0. The quantitative estimate of drug-likeness (QED) is 0.726. The Morgan fingerprint density at radius 3 is 2.74 bits per heavy atom. The van der Waals surface area contributed by atoms with Crippen molar-refractivity contribution in [2.45, 2.75) is 18.9 Å². The number of nitrogens with two attached hydrogens (primary N) is 2. The van der Waals surface area contributed by atoms with Crippen molar-refractivity contribution in [3.63, 3.8) is 0 Å². The van der Waals surface area contributed by atoms with Gasteiger partial charge in [-0.1, -0.05) is 11.6 Å². The second kappa shape index (κ2) is 6.84. The number of hydrogen-bond donors (Lipinski definition) is 3. The summed E-state index contributed by atoms with van der Waals surface area (Å²) in [7, 11) is 1.56. The maximum absolute atomic E-state index is 12.4. The van der Waals surface area contributed by atoms with E-state index in [0.717, 1.165) is 0 Å². The van der Waals surface area contributed by atoms with Crippen LogP contribution >= 0.6 is 11.6 Å². The topological polar surface area (TPSA) is 140 Å². The van der Waals surface area contributed by atoms with Gasteiger partial charge in [0.2, 0.25) is 5.91 Å². The summed E-state index contributed by atoms with van der Waals surface area (Å²) in [5, 5.41) is 3.05. The van der Waals surface area contributed by atoms with Gasteiger partial charge in [0.15, 0.2) is 11.7 Å². The number of guanidine groups is 1. The molecule has 27 heavy (non-hydrogen) atoms. The van der Waals surface area contributed by atoms with Gasteiger partial charge in [-0.3, -0.25) is 19.5 Å². The summed E-state index contributed by atoms with van der Waals surface area (Å²) in [5.74, 6) is -0.545. The van der Waals surface area contributed by atoms with E-state index in [4.69, 9.17) is 23.1 Å². The molecular weight excluding hydrogens is 370 g/mol. The van der Waals surface area contributed by atoms with Crippen LogP contribution in [0.25, 0.3) is 0 Å². The van der Waals surface area contributed by atoms with Crippen molar-refractivity contribution in [1.82, 2.24) is 14.9 Å². The molecule has 3 rings (SSSR count). The van der Waals surface area contributed by atoms with Crippen molar-refractivity contribution in [1.29, 1.82) is 0 Å². The lowest BCUT2D eigenvalue weighted by molar-refractivity contribution is -0.128. The summed E-state index contributed by atoms with van der Waals surface area (Å²) in [6, 6.07) is 4.70. The van der Waals surface area contributed by atoms with Gasteiger partial charge < -0.3 is 16.8 Å². The molecule has 1 aliphatic heterocycles. The summed E-state index contributed by atoms with van der Waals surface area (Å²) >= 11 is 5.80. The number of aromatic nitrogens is 2. The average molecular weight is 388 g/mol. The van der Waals surface area contributed by atoms with Crippen LogP contribution in [0.1, 0.15) is 29.5 Å². The number of anilines is 2. The van der Waals surface area contributed by atoms with Gasteiger partial charge in [-0.15, -0.1) is 0 Å². The van der Waals surface area contributed by atoms with Crippen molar-refractivity contribution in [2.75, 3.05) is 18.1 Å². The maximum Gasteiger partial charge on any atom is 0.276 e. The fraction of sp³-hybridized carbons (Fsp3) is 0.235. The molecule has 0 saturated carbocycles. The Hall–Kier alpha value is -3.20. The van der Waals surface area contributed by atoms with Crippen molar-refractivity contribution in [2.24, 2.45) is 10.7 Å². The third kappa shape index (κ3) is 3.68. The molecule has 2 aromatic rings. The lowest BCUT2D eigenvalue weighted by Crippen LogP contribution is -2.47. The molecule has 140 valence electrons. The smallest absolute Gasteiger partial charge is 0.276 e. The van der Waals surface area contributed by atoms with Gasteiger partial charge in [-0.2, -0.15) is 0 Å². The molecule has 9 nitrogen and oxygen atoms in total. The van der Waals surface area contributed by atoms with E-state index in [2.05, 4.69) is 20.3 Å². The minimum absolute atomic E-state index is 0.0562. The van der Waals surface area contributed by atoms with Crippen LogP contribution < -0.4 is 16.8 Å². The van der Waals surface area contributed by atoms with Crippen molar-refractivity contribution in [3.8, 4) is 0 Å². The standard InChI is InChI=1S/C17H18ClN7O2/c1-17(7-13(26)25(2)16(20)24-17)12-6-10(3-4-21-12)23-15(27)14-11(19)5-9(18)8-22-14/h3-6,8H,7,19H2,1-2H3,(H2,20,24)(H,21,23,27). The molecule has 1 atom stereocenters. The highest BCUT2D eigenvalue weighted by atomic mass is 35.5. The number of amides is 2. The third-order valence-electron chi connectivity index (χ3n) is 4.24. The van der Waals surface area contributed by atoms with Crippen molar-refractivity contribution >= 4 is 40.7 Å². The van der Waals surface area contributed by atoms with Crippen molar-refractivity contribution < 1.29 is 9.59 Å². The van der Waals surface area contributed by atoms with E-state index in [0.29, 0.717) is 16.4 Å². The monoisotopic (exact) mass is 387 g/mol. The van der Waals surface area contributed by atoms with Gasteiger partial charge in [0, 0.05) is 25.1 Å². The van der Waals surface area contributed by atoms with Crippen LogP contribution in [-0.4, -0.2) is 39.7 Å². The molecule has 0 aliphatic carbocycles. The van der Waals surface area contributed by atoms with E-state index in [1.807, 2.05) is 0 Å². The fourth-order valence-electron chi connectivity index (χ4n) is 2.69. The molecule has 2 aromatic heterocycles. The SMILES string of the molecule is CN1C(=O)CC(C)(c2cc(NC(=O)c3ncc(Cl)cc3N)ccn2)N=C1N. The van der Waals surface area contributed by atoms with Crippen LogP contribution in [0.4, 0.5) is 11.4 Å². The molecule has 3 heterocycles. The van der Waals surface area contributed by atoms with Crippen LogP contribution in [0.15, 0.2) is 35.6 Å². The molecule has 0 radical (unpaired) electrons. The number of carbonyl (C=O) groups is 2. The number of nitrogens with zero attached hydrogens (tertiary/aromatic N) is 4. The highest BCUT2D eigenvalue weighted by molar-refractivity contribution is 6.30. The Kier molecular flexibility index (Phi) is 4.71. The molecule has 0 bridgehead atoms. The number of hydrogen-bond acceptors (Lipinski definition) is 7. The van der Waals surface area contributed by atoms with Crippen LogP contribution in [0.3, 0.4) is 0 Å². The summed E-state index contributed by atoms with van der Waals surface area (Å²) in [6.45, 7) is 1.76. The lowest BCUT2D eigenvalue weighted by Gasteiger charge is -2.32. The summed E-state index contributed by atoms with van der Waals surface area (Å²) in [5.41, 5.74) is 11.9. The van der Waals surface area contributed by atoms with Gasteiger partial charge in [-0.05, 0) is 25.1 Å². The summed E-state index contributed by atoms with van der Waals surface area (Å²) in [4.78, 5) is 38.5. The second-order valence-electron chi connectivity index (χ2n) is 6.35. The predicted molar refractivity (Wildman–Crippen MR) is 102 cm³/mol. The number of pyridine rings is 2. The van der Waals surface area contributed by atoms with E-state index in [-0.39, 0.29) is 29.7 Å². The largest absolute Gasteiger partial charge is 0.397 e. The Morgan fingerprint density at radius 1 is 1.33 bits per heavy atom. The molecule has 0 saturated heterocycles. The highest BCUT2D eigenvalue weighted by Crippen LogP contribution is 2.32. The van der Waals surface area contributed by atoms with Crippen molar-refractivity contribution in [3.05, 3.63) is 47.0 Å². The molecule has 1 unspecified atom stereocenters. The van der Waals surface area contributed by atoms with Gasteiger partial charge in [0.1, 0.15) is 5.54 Å². The Labute approximate surface area is 160 Å². The zero-order valence-electron chi connectivity index (χ0n) is 14.7. The number of carbonyl (C=O) groups excluding carboxylic acids is 2. The molecule has 2 amide bonds. The Bertz CT molecular complexity index is 962. The Balaban J connectivity index is 1.88. The fourth-order valence-corrected chi connectivity index (χ4v) is 2.86. The zero-order chi connectivity index (χ0) is 19.8. The minimum atomic E-state index is -0.925. The molecular formula is C17H18ClN7O2. The number of halogens is 1. The number of nitrogens with one attached hydrogen (secondary N) is 1. The molecule has 10 heteroatoms. The predicted octanol–water partition coefficient (Wildman–Crippen LogP) is 1.36. The average Bonchev–Trinajstić information content (AvgIpc) is 2.59. The minimum Gasteiger partial charge on any atom is -0.397 e. The van der Waals surface area contributed by atoms with Crippen LogP contribution in [0, 0.1) is 0 Å². The van der Waals surface area contributed by atoms with Gasteiger partial charge in [0.25, 0.3) is 5.91 Å². The highest BCUT2D eigenvalue weighted by Gasteiger charge is 2.37. The zero-order valence-corrected chi connectivity index (χ0v) is 15.5. The number of aliphatic imine (C=N–C) groups is 1. The lowest BCUT2D eigenvalue weighted by atomic mass is 9.91. The maximum atomic E-state index is 12.4. The van der Waals surface area contributed by atoms with Gasteiger partial charge in [0.05, 0.1) is 22.8 Å². The van der Waals surface area contributed by atoms with E-state index < -0.39 is 11.4 Å². The van der Waals surface area contributed by atoms with E-state index in [1.165, 1.54) is 23.4 Å². The van der Waals surface area contributed by atoms with Crippen LogP contribution in [-0.2, 0) is 10.3 Å². The van der Waals surface area contributed by atoms with Crippen LogP contribution in [0.5, 0.6) is 0 Å². The van der Waals surface area contributed by atoms with E-state index in [1.54, 1.807) is 26.1 Å². The number of nitrogen functional groups attached to an aromatic ring is 1. The molecule has 0 fully saturated rings. The Morgan fingerprint density at radius 2 is 2.07 bits per heavy atom. The first kappa shape index (κ1) is 18.6. The first-order valence-corrected chi connectivity index (χ1v) is 8.38. The third-order valence-corrected chi connectivity index (χ3v) is 4.45. The summed E-state index contributed by atoms with van der Waals surface area (Å²) in [6.07, 6.45) is 2.97. The van der Waals surface area contributed by atoms with E-state index in [9.17, 15) is 9.59 Å². The first-order chi connectivity index (χ1) is 12.7. The normalized spacial score (nSPS) is 19.6. The first-order valence-electron chi connectivity index (χ1n) is 8.00. The van der Waals surface area contributed by atoms with Gasteiger partial charge >= 0.3 is 0 Å². The molecule has 1 aliphatic rings. The molecule has 5 N–H and O–H groups in total.